The van der Waals surface area contributed by atoms with Gasteiger partial charge in [0.05, 0.1) is 0 Å². The fourth-order valence-corrected chi connectivity index (χ4v) is 1.85. The van der Waals surface area contributed by atoms with Gasteiger partial charge in [0.15, 0.2) is 0 Å². The lowest BCUT2D eigenvalue weighted by Crippen LogP contribution is -2.27. The first-order valence-electron chi connectivity index (χ1n) is 4.01. The highest BCUT2D eigenvalue weighted by atomic mass is 15.2. The predicted octanol–water partition coefficient (Wildman–Crippen LogP) is 0.0629. The molecular formula is C8H14N2. The molecule has 2 heteroatoms. The van der Waals surface area contributed by atoms with Crippen LogP contribution < -0.4 is 5.73 Å². The molecule has 1 heterocycles. The molecule has 0 aromatic heterocycles. The molecule has 56 valence electrons. The maximum Gasteiger partial charge on any atom is 0.0105 e. The van der Waals surface area contributed by atoms with Crippen molar-refractivity contribution in [1.29, 1.82) is 0 Å². The molecule has 1 saturated heterocycles. The third-order valence-electron chi connectivity index (χ3n) is 2.54. The van der Waals surface area contributed by atoms with Crippen molar-refractivity contribution >= 4 is 0 Å². The number of hydrogen-bond acceptors (Lipinski definition) is 2. The summed E-state index contributed by atoms with van der Waals surface area (Å²) < 4.78 is 0. The minimum absolute atomic E-state index is 0.805. The van der Waals surface area contributed by atoms with E-state index >= 15 is 0 Å². The highest BCUT2D eigenvalue weighted by Crippen LogP contribution is 2.32. The van der Waals surface area contributed by atoms with Crippen molar-refractivity contribution in [2.45, 2.75) is 0 Å². The number of fused-ring (bicyclic) bond motifs is 1. The normalized spacial score (nSPS) is 37.7. The second-order valence-corrected chi connectivity index (χ2v) is 3.26. The van der Waals surface area contributed by atoms with Crippen LogP contribution in [0.1, 0.15) is 0 Å². The maximum atomic E-state index is 5.46. The van der Waals surface area contributed by atoms with Gasteiger partial charge in [-0.15, -0.1) is 0 Å². The third kappa shape index (κ3) is 0.879. The van der Waals surface area contributed by atoms with Crippen molar-refractivity contribution in [3.63, 3.8) is 0 Å². The predicted molar refractivity (Wildman–Crippen MR) is 41.6 cm³/mol. The van der Waals surface area contributed by atoms with E-state index in [1.807, 2.05) is 0 Å². The second-order valence-electron chi connectivity index (χ2n) is 3.26. The largest absolute Gasteiger partial charge is 0.329 e. The molecule has 0 spiro atoms. The molecule has 2 atom stereocenters. The molecule has 2 nitrogen and oxygen atoms in total. The molecule has 1 fully saturated rings. The molecule has 10 heavy (non-hydrogen) atoms. The topological polar surface area (TPSA) is 29.3 Å². The van der Waals surface area contributed by atoms with Crippen molar-refractivity contribution in [3.8, 4) is 0 Å². The molecule has 0 saturated carbocycles. The SMILES string of the molecule is NCCN1CC2C=CC2C1. The minimum atomic E-state index is 0.805. The smallest absolute Gasteiger partial charge is 0.0105 e. The first-order valence-corrected chi connectivity index (χ1v) is 4.01. The molecule has 2 N–H and O–H groups in total. The molecule has 0 aromatic rings. The summed E-state index contributed by atoms with van der Waals surface area (Å²) in [5.41, 5.74) is 5.46. The molecule has 0 aromatic carbocycles. The average molecular weight is 138 g/mol. The van der Waals surface area contributed by atoms with Gasteiger partial charge in [-0.2, -0.15) is 0 Å². The van der Waals surface area contributed by atoms with Crippen LogP contribution in [0.4, 0.5) is 0 Å². The van der Waals surface area contributed by atoms with Gasteiger partial charge < -0.3 is 10.6 Å². The van der Waals surface area contributed by atoms with Crippen LogP contribution in [0.2, 0.25) is 0 Å². The second kappa shape index (κ2) is 2.36. The summed E-state index contributed by atoms with van der Waals surface area (Å²) in [6.07, 6.45) is 4.64. The lowest BCUT2D eigenvalue weighted by molar-refractivity contribution is 0.340. The first-order chi connectivity index (χ1) is 4.90. The first kappa shape index (κ1) is 6.38. The summed E-state index contributed by atoms with van der Waals surface area (Å²) >= 11 is 0. The van der Waals surface area contributed by atoms with Gasteiger partial charge in [0.2, 0.25) is 0 Å². The van der Waals surface area contributed by atoms with E-state index in [-0.39, 0.29) is 0 Å². The van der Waals surface area contributed by atoms with Crippen LogP contribution in [-0.4, -0.2) is 31.1 Å². The molecule has 0 bridgehead atoms. The lowest BCUT2D eigenvalue weighted by atomic mass is 9.86. The van der Waals surface area contributed by atoms with Gasteiger partial charge in [-0.1, -0.05) is 12.2 Å². The summed E-state index contributed by atoms with van der Waals surface area (Å²) in [4.78, 5) is 2.45. The van der Waals surface area contributed by atoms with E-state index in [4.69, 9.17) is 5.73 Å². The number of likely N-dealkylation sites (tertiary alicyclic amines) is 1. The number of nitrogens with zero attached hydrogens (tertiary/aromatic N) is 1. The molecule has 0 radical (unpaired) electrons. The van der Waals surface area contributed by atoms with E-state index in [1.165, 1.54) is 13.1 Å². The summed E-state index contributed by atoms with van der Waals surface area (Å²) in [7, 11) is 0. The van der Waals surface area contributed by atoms with Gasteiger partial charge in [0.1, 0.15) is 0 Å². The van der Waals surface area contributed by atoms with E-state index in [0.29, 0.717) is 0 Å². The lowest BCUT2D eigenvalue weighted by Gasteiger charge is -2.18. The Morgan fingerprint density at radius 1 is 1.30 bits per heavy atom. The van der Waals surface area contributed by atoms with E-state index in [9.17, 15) is 0 Å². The zero-order chi connectivity index (χ0) is 6.97. The van der Waals surface area contributed by atoms with Crippen LogP contribution in [0.3, 0.4) is 0 Å². The zero-order valence-corrected chi connectivity index (χ0v) is 6.16. The van der Waals surface area contributed by atoms with Crippen LogP contribution in [0.15, 0.2) is 12.2 Å². The Hall–Kier alpha value is -0.340. The monoisotopic (exact) mass is 138 g/mol. The Morgan fingerprint density at radius 2 is 1.90 bits per heavy atom. The Balaban J connectivity index is 1.85. The summed E-state index contributed by atoms with van der Waals surface area (Å²) in [5, 5.41) is 0. The highest BCUT2D eigenvalue weighted by Gasteiger charge is 2.33. The fourth-order valence-electron chi connectivity index (χ4n) is 1.85. The van der Waals surface area contributed by atoms with Gasteiger partial charge >= 0.3 is 0 Å². The van der Waals surface area contributed by atoms with E-state index in [2.05, 4.69) is 17.1 Å². The Kier molecular flexibility index (Phi) is 1.51. The van der Waals surface area contributed by atoms with Crippen molar-refractivity contribution in [2.24, 2.45) is 17.6 Å². The average Bonchev–Trinajstić information content (AvgIpc) is 2.14. The standard InChI is InChI=1S/C8H14N2/c9-3-4-10-5-7-1-2-8(7)6-10/h1-2,7-8H,3-6,9H2. The molecule has 1 aliphatic carbocycles. The van der Waals surface area contributed by atoms with Gasteiger partial charge in [-0.25, -0.2) is 0 Å². The van der Waals surface area contributed by atoms with Gasteiger partial charge in [-0.05, 0) is 11.8 Å². The van der Waals surface area contributed by atoms with Gasteiger partial charge in [-0.3, -0.25) is 0 Å². The molecule has 1 aliphatic heterocycles. The maximum absolute atomic E-state index is 5.46. The fraction of sp³-hybridized carbons (Fsp3) is 0.750. The van der Waals surface area contributed by atoms with E-state index < -0.39 is 0 Å². The van der Waals surface area contributed by atoms with Crippen molar-refractivity contribution in [1.82, 2.24) is 4.90 Å². The van der Waals surface area contributed by atoms with Crippen LogP contribution >= 0.6 is 0 Å². The molecule has 0 amide bonds. The van der Waals surface area contributed by atoms with Gasteiger partial charge in [0, 0.05) is 26.2 Å². The van der Waals surface area contributed by atoms with E-state index in [1.54, 1.807) is 0 Å². The quantitative estimate of drug-likeness (QED) is 0.547. The van der Waals surface area contributed by atoms with E-state index in [0.717, 1.165) is 24.9 Å². The van der Waals surface area contributed by atoms with Crippen LogP contribution in [-0.2, 0) is 0 Å². The Morgan fingerprint density at radius 3 is 2.30 bits per heavy atom. The van der Waals surface area contributed by atoms with Crippen LogP contribution in [0.25, 0.3) is 0 Å². The summed E-state index contributed by atoms with van der Waals surface area (Å²) in [5.74, 6) is 1.73. The van der Waals surface area contributed by atoms with Crippen LogP contribution in [0.5, 0.6) is 0 Å². The third-order valence-corrected chi connectivity index (χ3v) is 2.54. The van der Waals surface area contributed by atoms with Crippen molar-refractivity contribution < 1.29 is 0 Å². The van der Waals surface area contributed by atoms with Crippen LogP contribution in [0, 0.1) is 11.8 Å². The number of rotatable bonds is 2. The molecule has 2 rings (SSSR count). The highest BCUT2D eigenvalue weighted by molar-refractivity contribution is 5.14. The number of nitrogens with two attached hydrogens (primary N) is 1. The molecule has 2 aliphatic rings. The summed E-state index contributed by atoms with van der Waals surface area (Å²) in [6, 6.07) is 0. The van der Waals surface area contributed by atoms with Gasteiger partial charge in [0.25, 0.3) is 0 Å². The summed E-state index contributed by atoms with van der Waals surface area (Å²) in [6.45, 7) is 4.38. The molecule has 2 unspecified atom stereocenters. The number of hydrogen-bond donors (Lipinski definition) is 1. The molecular weight excluding hydrogens is 124 g/mol. The zero-order valence-electron chi connectivity index (χ0n) is 6.16. The Labute approximate surface area is 61.7 Å². The van der Waals surface area contributed by atoms with Crippen molar-refractivity contribution in [3.05, 3.63) is 12.2 Å². The van der Waals surface area contributed by atoms with Crippen molar-refractivity contribution in [2.75, 3.05) is 26.2 Å². The minimum Gasteiger partial charge on any atom is -0.329 e. The Bertz CT molecular complexity index is 139.